The Morgan fingerprint density at radius 2 is 1.42 bits per heavy atom. The molecule has 4 aromatic rings. The quantitative estimate of drug-likeness (QED) is 0.435. The molecule has 0 atom stereocenters. The number of H-pyrrole nitrogens is 1. The summed E-state index contributed by atoms with van der Waals surface area (Å²) in [5.74, 6) is -2.25. The van der Waals surface area contributed by atoms with E-state index in [0.29, 0.717) is 11.4 Å². The average molecular weight is 412 g/mol. The van der Waals surface area contributed by atoms with E-state index in [2.05, 4.69) is 19.9 Å². The van der Waals surface area contributed by atoms with Gasteiger partial charge in [-0.05, 0) is 60.2 Å². The first-order valence-electron chi connectivity index (χ1n) is 9.22. The molecule has 0 aliphatic rings. The predicted molar refractivity (Wildman–Crippen MR) is 114 cm³/mol. The number of hydrogen-bond acceptors (Lipinski definition) is 5. The molecule has 0 aliphatic heterocycles. The van der Waals surface area contributed by atoms with Crippen LogP contribution in [0.25, 0.3) is 34.9 Å². The summed E-state index contributed by atoms with van der Waals surface area (Å²) >= 11 is 0. The minimum atomic E-state index is -1.14. The van der Waals surface area contributed by atoms with Crippen molar-refractivity contribution in [3.63, 3.8) is 0 Å². The molecule has 0 spiro atoms. The minimum Gasteiger partial charge on any atom is -0.478 e. The van der Waals surface area contributed by atoms with Crippen LogP contribution in [0.3, 0.4) is 0 Å². The number of aromatic carboxylic acids is 2. The molecule has 0 saturated heterocycles. The molecule has 0 aliphatic carbocycles. The Balaban J connectivity index is 1.77. The zero-order valence-electron chi connectivity index (χ0n) is 16.1. The molecular weight excluding hydrogens is 396 g/mol. The third-order valence-corrected chi connectivity index (χ3v) is 4.47. The Bertz CT molecular complexity index is 1300. The van der Waals surface area contributed by atoms with Crippen LogP contribution in [0.1, 0.15) is 32.0 Å². The van der Waals surface area contributed by atoms with Crippen molar-refractivity contribution in [3.05, 3.63) is 89.5 Å². The maximum Gasteiger partial charge on any atom is 0.335 e. The van der Waals surface area contributed by atoms with E-state index in [9.17, 15) is 19.8 Å². The third-order valence-electron chi connectivity index (χ3n) is 4.47. The van der Waals surface area contributed by atoms with Gasteiger partial charge in [0, 0.05) is 24.3 Å². The number of hydrogen-bond donors (Lipinski definition) is 3. The highest BCUT2D eigenvalue weighted by atomic mass is 16.4. The highest BCUT2D eigenvalue weighted by Gasteiger charge is 2.14. The van der Waals surface area contributed by atoms with E-state index in [1.54, 1.807) is 12.3 Å². The van der Waals surface area contributed by atoms with Crippen LogP contribution in [0.5, 0.6) is 0 Å². The molecule has 0 aromatic carbocycles. The normalized spacial score (nSPS) is 11.0. The molecule has 3 N–H and O–H groups in total. The van der Waals surface area contributed by atoms with Crippen molar-refractivity contribution >= 4 is 24.1 Å². The summed E-state index contributed by atoms with van der Waals surface area (Å²) < 4.78 is 0. The van der Waals surface area contributed by atoms with Gasteiger partial charge in [-0.25, -0.2) is 14.6 Å². The number of carboxylic acid groups (broad SMARTS) is 2. The monoisotopic (exact) mass is 412 g/mol. The number of nitrogens with one attached hydrogen (secondary N) is 1. The Morgan fingerprint density at radius 1 is 0.774 bits per heavy atom. The lowest BCUT2D eigenvalue weighted by molar-refractivity contribution is 0.0686. The summed E-state index contributed by atoms with van der Waals surface area (Å²) in [4.78, 5) is 39.0. The number of rotatable bonds is 6. The van der Waals surface area contributed by atoms with Gasteiger partial charge < -0.3 is 15.2 Å². The van der Waals surface area contributed by atoms with E-state index in [4.69, 9.17) is 0 Å². The van der Waals surface area contributed by atoms with Crippen molar-refractivity contribution in [2.24, 2.45) is 0 Å². The Kier molecular flexibility index (Phi) is 5.35. The minimum absolute atomic E-state index is 0.00309. The van der Waals surface area contributed by atoms with E-state index < -0.39 is 11.9 Å². The second-order valence-corrected chi connectivity index (χ2v) is 6.60. The molecule has 0 unspecified atom stereocenters. The molecule has 31 heavy (non-hydrogen) atoms. The summed E-state index contributed by atoms with van der Waals surface area (Å²) in [5.41, 5.74) is 3.14. The highest BCUT2D eigenvalue weighted by Crippen LogP contribution is 2.24. The van der Waals surface area contributed by atoms with Crippen molar-refractivity contribution in [3.8, 4) is 22.8 Å². The van der Waals surface area contributed by atoms with Crippen molar-refractivity contribution in [1.82, 2.24) is 19.9 Å². The van der Waals surface area contributed by atoms with Crippen molar-refractivity contribution in [2.75, 3.05) is 0 Å². The van der Waals surface area contributed by atoms with Crippen LogP contribution in [-0.4, -0.2) is 42.1 Å². The Labute approximate surface area is 176 Å². The fourth-order valence-electron chi connectivity index (χ4n) is 2.94. The highest BCUT2D eigenvalue weighted by molar-refractivity contribution is 5.91. The number of carbonyl (C=O) groups is 2. The molecule has 4 heterocycles. The van der Waals surface area contributed by atoms with Gasteiger partial charge in [-0.3, -0.25) is 9.97 Å². The first kappa shape index (κ1) is 19.7. The first-order valence-corrected chi connectivity index (χ1v) is 9.22. The van der Waals surface area contributed by atoms with Gasteiger partial charge in [0.2, 0.25) is 0 Å². The first-order chi connectivity index (χ1) is 15.0. The van der Waals surface area contributed by atoms with Crippen LogP contribution in [-0.2, 0) is 0 Å². The van der Waals surface area contributed by atoms with E-state index in [-0.39, 0.29) is 22.5 Å². The lowest BCUT2D eigenvalue weighted by Crippen LogP contribution is -2.02. The van der Waals surface area contributed by atoms with Gasteiger partial charge >= 0.3 is 11.9 Å². The SMILES string of the molecule is O=C(O)c1ccnc(-c2cc(C(=O)O)cc(-c3cc(/C=C/c4ccc[nH]4)ccn3)n2)c1. The predicted octanol–water partition coefficient (Wildman–Crippen LogP) is 4.10. The fourth-order valence-corrected chi connectivity index (χ4v) is 2.94. The van der Waals surface area contributed by atoms with Crippen molar-refractivity contribution < 1.29 is 19.8 Å². The largest absolute Gasteiger partial charge is 0.478 e. The van der Waals surface area contributed by atoms with Gasteiger partial charge in [0.05, 0.1) is 33.9 Å². The van der Waals surface area contributed by atoms with Gasteiger partial charge in [0.15, 0.2) is 0 Å². The van der Waals surface area contributed by atoms with Crippen molar-refractivity contribution in [1.29, 1.82) is 0 Å². The molecule has 0 fully saturated rings. The van der Waals surface area contributed by atoms with Gasteiger partial charge in [-0.1, -0.05) is 6.08 Å². The molecule has 152 valence electrons. The second-order valence-electron chi connectivity index (χ2n) is 6.60. The fraction of sp³-hybridized carbons (Fsp3) is 0. The molecule has 4 aromatic heterocycles. The lowest BCUT2D eigenvalue weighted by atomic mass is 10.1. The molecule has 0 amide bonds. The number of pyridine rings is 3. The summed E-state index contributed by atoms with van der Waals surface area (Å²) in [6, 6.07) is 12.9. The molecule has 8 heteroatoms. The number of aromatic nitrogens is 4. The van der Waals surface area contributed by atoms with Gasteiger partial charge in [-0.2, -0.15) is 0 Å². The molecular formula is C23H16N4O4. The van der Waals surface area contributed by atoms with Crippen molar-refractivity contribution in [2.45, 2.75) is 0 Å². The van der Waals surface area contributed by atoms with Crippen LogP contribution < -0.4 is 0 Å². The molecule has 8 nitrogen and oxygen atoms in total. The smallest absolute Gasteiger partial charge is 0.335 e. The topological polar surface area (TPSA) is 129 Å². The maximum absolute atomic E-state index is 11.7. The molecule has 0 radical (unpaired) electrons. The number of carboxylic acids is 2. The maximum atomic E-state index is 11.7. The zero-order valence-corrected chi connectivity index (χ0v) is 16.1. The van der Waals surface area contributed by atoms with Crippen LogP contribution >= 0.6 is 0 Å². The van der Waals surface area contributed by atoms with E-state index in [0.717, 1.165) is 11.3 Å². The molecule has 0 bridgehead atoms. The van der Waals surface area contributed by atoms with Crippen LogP contribution in [0.4, 0.5) is 0 Å². The van der Waals surface area contributed by atoms with E-state index in [1.807, 2.05) is 36.5 Å². The zero-order chi connectivity index (χ0) is 21.8. The van der Waals surface area contributed by atoms with Gasteiger partial charge in [0.25, 0.3) is 0 Å². The average Bonchev–Trinajstić information content (AvgIpc) is 3.31. The van der Waals surface area contributed by atoms with Gasteiger partial charge in [0.1, 0.15) is 0 Å². The van der Waals surface area contributed by atoms with Crippen LogP contribution in [0.15, 0.2) is 67.1 Å². The summed E-state index contributed by atoms with van der Waals surface area (Å²) in [7, 11) is 0. The van der Waals surface area contributed by atoms with Crippen LogP contribution in [0, 0.1) is 0 Å². The number of aromatic amines is 1. The third kappa shape index (κ3) is 4.54. The molecule has 4 rings (SSSR count). The molecule has 0 saturated carbocycles. The second kappa shape index (κ2) is 8.42. The number of nitrogens with zero attached hydrogens (tertiary/aromatic N) is 3. The Morgan fingerprint density at radius 3 is 2.06 bits per heavy atom. The summed E-state index contributed by atoms with van der Waals surface area (Å²) in [6.45, 7) is 0. The van der Waals surface area contributed by atoms with Gasteiger partial charge in [-0.15, -0.1) is 0 Å². The Hall–Kier alpha value is -4.59. The van der Waals surface area contributed by atoms with E-state index in [1.165, 1.54) is 30.5 Å². The summed E-state index contributed by atoms with van der Waals surface area (Å²) in [6.07, 6.45) is 8.59. The lowest BCUT2D eigenvalue weighted by Gasteiger charge is -2.08. The summed E-state index contributed by atoms with van der Waals surface area (Å²) in [5, 5.41) is 18.8. The van der Waals surface area contributed by atoms with E-state index >= 15 is 0 Å². The van der Waals surface area contributed by atoms with Crippen LogP contribution in [0.2, 0.25) is 0 Å². The standard InChI is InChI=1S/C23H16N4O4/c28-22(29)15-6-9-26-19(11-15)21-13-16(23(30)31)12-20(27-21)18-10-14(5-8-25-18)3-4-17-2-1-7-24-17/h1-13,24H,(H,28,29)(H,30,31)/b4-3+.